The highest BCUT2D eigenvalue weighted by molar-refractivity contribution is 7.09. The van der Waals surface area contributed by atoms with Crippen LogP contribution in [0.5, 0.6) is 0 Å². The van der Waals surface area contributed by atoms with Gasteiger partial charge in [-0.05, 0) is 19.9 Å². The van der Waals surface area contributed by atoms with Gasteiger partial charge < -0.3 is 14.6 Å². The summed E-state index contributed by atoms with van der Waals surface area (Å²) in [6, 6.07) is 0.199. The Morgan fingerprint density at radius 1 is 1.43 bits per heavy atom. The Kier molecular flexibility index (Phi) is 6.28. The molecule has 1 N–H and O–H groups in total. The van der Waals surface area contributed by atoms with Crippen LogP contribution in [0.1, 0.15) is 35.8 Å². The molecule has 0 spiro atoms. The SMILES string of the molecule is CCCNC(COC)Cc1nc(Cc2nc(C)cs2)no1. The Balaban J connectivity index is 1.91. The number of thiazole rings is 1. The normalized spacial score (nSPS) is 12.7. The summed E-state index contributed by atoms with van der Waals surface area (Å²) in [5.41, 5.74) is 1.03. The number of aryl methyl sites for hydroxylation is 1. The Hall–Kier alpha value is -1.31. The molecule has 2 aromatic rings. The van der Waals surface area contributed by atoms with Crippen molar-refractivity contribution in [1.29, 1.82) is 0 Å². The fourth-order valence-electron chi connectivity index (χ4n) is 2.01. The molecule has 2 rings (SSSR count). The Morgan fingerprint density at radius 2 is 2.29 bits per heavy atom. The summed E-state index contributed by atoms with van der Waals surface area (Å²) < 4.78 is 10.5. The van der Waals surface area contributed by atoms with E-state index in [9.17, 15) is 0 Å². The van der Waals surface area contributed by atoms with Crippen LogP contribution in [0, 0.1) is 6.92 Å². The van der Waals surface area contributed by atoms with Gasteiger partial charge in [0.2, 0.25) is 5.89 Å². The van der Waals surface area contributed by atoms with Crippen molar-refractivity contribution in [2.75, 3.05) is 20.3 Å². The third kappa shape index (κ3) is 5.18. The molecular weight excluding hydrogens is 288 g/mol. The molecule has 0 amide bonds. The number of rotatable bonds is 9. The summed E-state index contributed by atoms with van der Waals surface area (Å²) >= 11 is 1.62. The molecule has 21 heavy (non-hydrogen) atoms. The second kappa shape index (κ2) is 8.21. The minimum Gasteiger partial charge on any atom is -0.383 e. The van der Waals surface area contributed by atoms with Crippen molar-refractivity contribution in [3.63, 3.8) is 0 Å². The van der Waals surface area contributed by atoms with Gasteiger partial charge in [-0.2, -0.15) is 4.98 Å². The van der Waals surface area contributed by atoms with E-state index in [-0.39, 0.29) is 6.04 Å². The van der Waals surface area contributed by atoms with Gasteiger partial charge in [0.05, 0.1) is 13.0 Å². The van der Waals surface area contributed by atoms with Crippen molar-refractivity contribution in [1.82, 2.24) is 20.4 Å². The van der Waals surface area contributed by atoms with Crippen molar-refractivity contribution in [2.45, 2.75) is 39.2 Å². The summed E-state index contributed by atoms with van der Waals surface area (Å²) in [5.74, 6) is 1.33. The predicted molar refractivity (Wildman–Crippen MR) is 81.6 cm³/mol. The number of hydrogen-bond donors (Lipinski definition) is 1. The molecule has 0 saturated heterocycles. The van der Waals surface area contributed by atoms with E-state index in [2.05, 4.69) is 27.4 Å². The van der Waals surface area contributed by atoms with Crippen LogP contribution in [0.2, 0.25) is 0 Å². The van der Waals surface area contributed by atoms with Crippen LogP contribution in [0.25, 0.3) is 0 Å². The first kappa shape index (κ1) is 16.1. The zero-order valence-corrected chi connectivity index (χ0v) is 13.6. The molecule has 7 heteroatoms. The van der Waals surface area contributed by atoms with Crippen molar-refractivity contribution in [2.24, 2.45) is 0 Å². The molecule has 0 fully saturated rings. The zero-order valence-electron chi connectivity index (χ0n) is 12.8. The molecule has 0 aliphatic rings. The highest BCUT2D eigenvalue weighted by Crippen LogP contribution is 2.13. The molecule has 1 atom stereocenters. The van der Waals surface area contributed by atoms with Crippen LogP contribution in [0.3, 0.4) is 0 Å². The highest BCUT2D eigenvalue weighted by Gasteiger charge is 2.15. The van der Waals surface area contributed by atoms with Crippen molar-refractivity contribution in [3.05, 3.63) is 27.8 Å². The lowest BCUT2D eigenvalue weighted by molar-refractivity contribution is 0.161. The molecule has 0 bridgehead atoms. The summed E-state index contributed by atoms with van der Waals surface area (Å²) in [7, 11) is 1.70. The van der Waals surface area contributed by atoms with Crippen molar-refractivity contribution < 1.29 is 9.26 Å². The van der Waals surface area contributed by atoms with E-state index in [1.54, 1.807) is 18.4 Å². The molecule has 116 valence electrons. The maximum Gasteiger partial charge on any atom is 0.228 e. The second-order valence-corrected chi connectivity index (χ2v) is 5.92. The predicted octanol–water partition coefficient (Wildman–Crippen LogP) is 1.98. The molecular formula is C14H22N4O2S. The monoisotopic (exact) mass is 310 g/mol. The lowest BCUT2D eigenvalue weighted by atomic mass is 10.2. The van der Waals surface area contributed by atoms with Gasteiger partial charge in [-0.15, -0.1) is 11.3 Å². The molecule has 2 heterocycles. The quantitative estimate of drug-likeness (QED) is 0.763. The van der Waals surface area contributed by atoms with Crippen LogP contribution in [-0.2, 0) is 17.6 Å². The van der Waals surface area contributed by atoms with E-state index in [0.717, 1.165) is 23.7 Å². The van der Waals surface area contributed by atoms with E-state index in [1.807, 2.05) is 12.3 Å². The average Bonchev–Trinajstić information content (AvgIpc) is 3.06. The maximum atomic E-state index is 5.32. The first-order valence-corrected chi connectivity index (χ1v) is 8.04. The van der Waals surface area contributed by atoms with E-state index < -0.39 is 0 Å². The van der Waals surface area contributed by atoms with Crippen LogP contribution in [0.4, 0.5) is 0 Å². The fraction of sp³-hybridized carbons (Fsp3) is 0.643. The minimum atomic E-state index is 0.199. The number of aromatic nitrogens is 3. The molecule has 0 aliphatic carbocycles. The summed E-state index contributed by atoms with van der Waals surface area (Å²) in [5, 5.41) is 10.5. The summed E-state index contributed by atoms with van der Waals surface area (Å²) in [4.78, 5) is 8.85. The van der Waals surface area contributed by atoms with Gasteiger partial charge in [-0.25, -0.2) is 4.98 Å². The number of hydrogen-bond acceptors (Lipinski definition) is 7. The van der Waals surface area contributed by atoms with Gasteiger partial charge in [-0.3, -0.25) is 0 Å². The van der Waals surface area contributed by atoms with Gasteiger partial charge >= 0.3 is 0 Å². The van der Waals surface area contributed by atoms with Crippen molar-refractivity contribution in [3.8, 4) is 0 Å². The first-order chi connectivity index (χ1) is 10.2. The molecule has 0 aliphatic heterocycles. The largest absolute Gasteiger partial charge is 0.383 e. The lowest BCUT2D eigenvalue weighted by Crippen LogP contribution is -2.35. The van der Waals surface area contributed by atoms with Gasteiger partial charge in [0.1, 0.15) is 5.01 Å². The molecule has 2 aromatic heterocycles. The van der Waals surface area contributed by atoms with Crippen molar-refractivity contribution >= 4 is 11.3 Å². The molecule has 1 unspecified atom stereocenters. The number of ether oxygens (including phenoxy) is 1. The van der Waals surface area contributed by atoms with Gasteiger partial charge in [0.25, 0.3) is 0 Å². The number of nitrogens with one attached hydrogen (secondary N) is 1. The Bertz CT molecular complexity index is 541. The Labute approximate surface area is 128 Å². The first-order valence-electron chi connectivity index (χ1n) is 7.16. The molecule has 0 aromatic carbocycles. The topological polar surface area (TPSA) is 73.1 Å². The smallest absolute Gasteiger partial charge is 0.228 e. The molecule has 6 nitrogen and oxygen atoms in total. The Morgan fingerprint density at radius 3 is 2.95 bits per heavy atom. The van der Waals surface area contributed by atoms with Crippen LogP contribution in [0.15, 0.2) is 9.90 Å². The van der Waals surface area contributed by atoms with Gasteiger partial charge in [-0.1, -0.05) is 12.1 Å². The summed E-state index contributed by atoms with van der Waals surface area (Å²) in [6.07, 6.45) is 2.38. The van der Waals surface area contributed by atoms with Crippen LogP contribution in [-0.4, -0.2) is 41.4 Å². The number of methoxy groups -OCH3 is 1. The third-order valence-electron chi connectivity index (χ3n) is 2.96. The van der Waals surface area contributed by atoms with Gasteiger partial charge in [0, 0.05) is 30.6 Å². The third-order valence-corrected chi connectivity index (χ3v) is 3.92. The van der Waals surface area contributed by atoms with Crippen LogP contribution >= 0.6 is 11.3 Å². The highest BCUT2D eigenvalue weighted by atomic mass is 32.1. The fourth-order valence-corrected chi connectivity index (χ4v) is 2.78. The lowest BCUT2D eigenvalue weighted by Gasteiger charge is -2.15. The average molecular weight is 310 g/mol. The number of nitrogens with zero attached hydrogens (tertiary/aromatic N) is 3. The van der Waals surface area contributed by atoms with E-state index in [4.69, 9.17) is 9.26 Å². The molecule has 0 saturated carbocycles. The standard InChI is InChI=1S/C14H22N4O2S/c1-4-5-15-11(8-19-3)6-13-17-12(18-20-13)7-14-16-10(2)9-21-14/h9,11,15H,4-8H2,1-3H3. The van der Waals surface area contributed by atoms with E-state index >= 15 is 0 Å². The second-order valence-electron chi connectivity index (χ2n) is 4.97. The zero-order chi connectivity index (χ0) is 15.1. The van der Waals surface area contributed by atoms with Gasteiger partial charge in [0.15, 0.2) is 5.82 Å². The van der Waals surface area contributed by atoms with E-state index in [0.29, 0.717) is 31.2 Å². The van der Waals surface area contributed by atoms with Crippen LogP contribution < -0.4 is 5.32 Å². The molecule has 0 radical (unpaired) electrons. The maximum absolute atomic E-state index is 5.32. The van der Waals surface area contributed by atoms with E-state index in [1.165, 1.54) is 0 Å². The summed E-state index contributed by atoms with van der Waals surface area (Å²) in [6.45, 7) is 5.70. The minimum absolute atomic E-state index is 0.199.